The summed E-state index contributed by atoms with van der Waals surface area (Å²) in [5, 5.41) is 0. The number of hydrogen-bond donors (Lipinski definition) is 0. The number of aryl methyl sites for hydroxylation is 2. The molecular weight excluding hydrogens is 310 g/mol. The Morgan fingerprint density at radius 1 is 1.37 bits per heavy atom. The predicted octanol–water partition coefficient (Wildman–Crippen LogP) is 2.59. The Balaban J connectivity index is 2.33. The van der Waals surface area contributed by atoms with Crippen molar-refractivity contribution in [2.75, 3.05) is 18.6 Å². The summed E-state index contributed by atoms with van der Waals surface area (Å²) in [6, 6.07) is 3.95. The van der Waals surface area contributed by atoms with Gasteiger partial charge in [0.25, 0.3) is 0 Å². The molecule has 0 bridgehead atoms. The molecule has 1 aromatic rings. The van der Waals surface area contributed by atoms with Crippen LogP contribution in [0.1, 0.15) is 17.5 Å². The summed E-state index contributed by atoms with van der Waals surface area (Å²) in [6.07, 6.45) is 0.224. The van der Waals surface area contributed by atoms with Crippen LogP contribution in [-0.2, 0) is 14.3 Å². The van der Waals surface area contributed by atoms with Crippen molar-refractivity contribution in [2.24, 2.45) is 5.92 Å². The van der Waals surface area contributed by atoms with Crippen molar-refractivity contribution >= 4 is 33.5 Å². The minimum absolute atomic E-state index is 0.0241. The molecule has 102 valence electrons. The van der Waals surface area contributed by atoms with E-state index >= 15 is 0 Å². The van der Waals surface area contributed by atoms with E-state index in [1.165, 1.54) is 7.11 Å². The second-order valence-electron chi connectivity index (χ2n) is 4.82. The molecule has 0 aliphatic carbocycles. The van der Waals surface area contributed by atoms with Gasteiger partial charge in [-0.2, -0.15) is 0 Å². The molecule has 0 saturated carbocycles. The third-order valence-electron chi connectivity index (χ3n) is 3.39. The number of amides is 1. The lowest BCUT2D eigenvalue weighted by molar-refractivity contribution is -0.145. The first-order chi connectivity index (χ1) is 8.93. The van der Waals surface area contributed by atoms with E-state index < -0.39 is 0 Å². The molecule has 1 aliphatic rings. The van der Waals surface area contributed by atoms with Crippen LogP contribution < -0.4 is 4.90 Å². The van der Waals surface area contributed by atoms with Gasteiger partial charge in [-0.1, -0.05) is 15.9 Å². The number of methoxy groups -OCH3 is 1. The van der Waals surface area contributed by atoms with Crippen LogP contribution in [0.3, 0.4) is 0 Å². The highest BCUT2D eigenvalue weighted by Crippen LogP contribution is 2.33. The average molecular weight is 326 g/mol. The molecule has 1 fully saturated rings. The van der Waals surface area contributed by atoms with Gasteiger partial charge in [0.05, 0.1) is 13.0 Å². The standard InChI is InChI=1S/C14H16BrNO3/c1-8-4-11(15)5-9(2)13(8)16-7-10(6-12(16)17)14(18)19-3/h4-5,10H,6-7H2,1-3H3. The van der Waals surface area contributed by atoms with Gasteiger partial charge in [0.2, 0.25) is 5.91 Å². The second kappa shape index (κ2) is 5.33. The zero-order valence-electron chi connectivity index (χ0n) is 11.2. The summed E-state index contributed by atoms with van der Waals surface area (Å²) in [4.78, 5) is 25.3. The van der Waals surface area contributed by atoms with Gasteiger partial charge in [-0.25, -0.2) is 0 Å². The molecule has 0 aromatic heterocycles. The normalized spacial score (nSPS) is 18.8. The number of rotatable bonds is 2. The maximum atomic E-state index is 12.1. The monoisotopic (exact) mass is 325 g/mol. The number of benzene rings is 1. The maximum Gasteiger partial charge on any atom is 0.311 e. The minimum atomic E-state index is -0.361. The Bertz CT molecular complexity index is 518. The molecule has 4 nitrogen and oxygen atoms in total. The summed E-state index contributed by atoms with van der Waals surface area (Å²) in [6.45, 7) is 4.33. The number of anilines is 1. The molecule has 1 amide bonds. The van der Waals surface area contributed by atoms with E-state index in [0.29, 0.717) is 6.54 Å². The maximum absolute atomic E-state index is 12.1. The van der Waals surface area contributed by atoms with Gasteiger partial charge >= 0.3 is 5.97 Å². The number of hydrogen-bond acceptors (Lipinski definition) is 3. The Hall–Kier alpha value is -1.36. The van der Waals surface area contributed by atoms with Crippen LogP contribution in [0.2, 0.25) is 0 Å². The molecule has 5 heteroatoms. The van der Waals surface area contributed by atoms with Crippen molar-refractivity contribution in [3.05, 3.63) is 27.7 Å². The molecule has 1 aromatic carbocycles. The Morgan fingerprint density at radius 2 is 1.95 bits per heavy atom. The molecule has 1 heterocycles. The Kier molecular flexibility index (Phi) is 3.94. The third-order valence-corrected chi connectivity index (χ3v) is 3.84. The number of esters is 1. The van der Waals surface area contributed by atoms with Crippen molar-refractivity contribution in [3.8, 4) is 0 Å². The van der Waals surface area contributed by atoms with E-state index in [1.54, 1.807) is 4.90 Å². The lowest BCUT2D eigenvalue weighted by Crippen LogP contribution is -2.27. The van der Waals surface area contributed by atoms with E-state index in [9.17, 15) is 9.59 Å². The van der Waals surface area contributed by atoms with Crippen LogP contribution in [0.4, 0.5) is 5.69 Å². The van der Waals surface area contributed by atoms with E-state index in [1.807, 2.05) is 26.0 Å². The first-order valence-corrected chi connectivity index (χ1v) is 6.88. The van der Waals surface area contributed by atoms with Gasteiger partial charge in [0, 0.05) is 23.1 Å². The van der Waals surface area contributed by atoms with Crippen molar-refractivity contribution < 1.29 is 14.3 Å². The molecule has 1 atom stereocenters. The highest BCUT2D eigenvalue weighted by molar-refractivity contribution is 9.10. The topological polar surface area (TPSA) is 46.6 Å². The predicted molar refractivity (Wildman–Crippen MR) is 76.1 cm³/mol. The van der Waals surface area contributed by atoms with Gasteiger partial charge < -0.3 is 9.64 Å². The van der Waals surface area contributed by atoms with Crippen molar-refractivity contribution in [1.29, 1.82) is 0 Å². The number of carbonyl (C=O) groups is 2. The van der Waals surface area contributed by atoms with Gasteiger partial charge in [-0.15, -0.1) is 0 Å². The van der Waals surface area contributed by atoms with Crippen LogP contribution in [0.15, 0.2) is 16.6 Å². The van der Waals surface area contributed by atoms with E-state index in [0.717, 1.165) is 21.3 Å². The van der Waals surface area contributed by atoms with Crippen LogP contribution in [0.25, 0.3) is 0 Å². The molecule has 1 aliphatic heterocycles. The lowest BCUT2D eigenvalue weighted by Gasteiger charge is -2.21. The van der Waals surface area contributed by atoms with E-state index in [-0.39, 0.29) is 24.2 Å². The van der Waals surface area contributed by atoms with Crippen LogP contribution >= 0.6 is 15.9 Å². The molecule has 1 unspecified atom stereocenters. The number of carbonyl (C=O) groups excluding carboxylic acids is 2. The molecule has 0 spiro atoms. The zero-order chi connectivity index (χ0) is 14.2. The smallest absolute Gasteiger partial charge is 0.311 e. The third kappa shape index (κ3) is 2.66. The molecular formula is C14H16BrNO3. The highest BCUT2D eigenvalue weighted by Gasteiger charge is 2.36. The fraction of sp³-hybridized carbons (Fsp3) is 0.429. The Morgan fingerprint density at radius 3 is 2.47 bits per heavy atom. The van der Waals surface area contributed by atoms with Gasteiger partial charge in [0.1, 0.15) is 0 Å². The quantitative estimate of drug-likeness (QED) is 0.785. The second-order valence-corrected chi connectivity index (χ2v) is 5.73. The molecule has 1 saturated heterocycles. The number of ether oxygens (including phenoxy) is 1. The van der Waals surface area contributed by atoms with Gasteiger partial charge in [-0.05, 0) is 37.1 Å². The summed E-state index contributed by atoms with van der Waals surface area (Å²) >= 11 is 3.44. The van der Waals surface area contributed by atoms with Crippen molar-refractivity contribution in [2.45, 2.75) is 20.3 Å². The fourth-order valence-electron chi connectivity index (χ4n) is 2.58. The molecule has 0 radical (unpaired) electrons. The molecule has 2 rings (SSSR count). The van der Waals surface area contributed by atoms with Crippen LogP contribution in [-0.4, -0.2) is 25.5 Å². The van der Waals surface area contributed by atoms with Crippen LogP contribution in [0.5, 0.6) is 0 Å². The van der Waals surface area contributed by atoms with Gasteiger partial charge in [-0.3, -0.25) is 9.59 Å². The highest BCUT2D eigenvalue weighted by atomic mass is 79.9. The molecule has 19 heavy (non-hydrogen) atoms. The Labute approximate surface area is 120 Å². The van der Waals surface area contributed by atoms with E-state index in [4.69, 9.17) is 4.74 Å². The molecule has 0 N–H and O–H groups in total. The zero-order valence-corrected chi connectivity index (χ0v) is 12.8. The fourth-order valence-corrected chi connectivity index (χ4v) is 3.26. The van der Waals surface area contributed by atoms with Crippen molar-refractivity contribution in [1.82, 2.24) is 0 Å². The summed E-state index contributed by atoms with van der Waals surface area (Å²) in [7, 11) is 1.35. The summed E-state index contributed by atoms with van der Waals surface area (Å²) in [5.41, 5.74) is 2.94. The lowest BCUT2D eigenvalue weighted by atomic mass is 10.1. The van der Waals surface area contributed by atoms with Gasteiger partial charge in [0.15, 0.2) is 0 Å². The SMILES string of the molecule is COC(=O)C1CC(=O)N(c2c(C)cc(Br)cc2C)C1. The van der Waals surface area contributed by atoms with Crippen molar-refractivity contribution in [3.63, 3.8) is 0 Å². The van der Waals surface area contributed by atoms with E-state index in [2.05, 4.69) is 15.9 Å². The minimum Gasteiger partial charge on any atom is -0.469 e. The number of halogens is 1. The average Bonchev–Trinajstić information content (AvgIpc) is 2.69. The first-order valence-electron chi connectivity index (χ1n) is 6.09. The van der Waals surface area contributed by atoms with Crippen LogP contribution in [0, 0.1) is 19.8 Å². The number of nitrogens with zero attached hydrogens (tertiary/aromatic N) is 1. The first kappa shape index (κ1) is 14.1. The summed E-state index contributed by atoms with van der Waals surface area (Å²) < 4.78 is 5.71. The summed E-state index contributed by atoms with van der Waals surface area (Å²) in [5.74, 6) is -0.702. The largest absolute Gasteiger partial charge is 0.469 e.